The van der Waals surface area contributed by atoms with E-state index >= 15 is 0 Å². The van der Waals surface area contributed by atoms with Crippen LogP contribution in [-0.4, -0.2) is 12.1 Å². The van der Waals surface area contributed by atoms with Gasteiger partial charge in [-0.05, 0) is 55.5 Å². The second kappa shape index (κ2) is 6.78. The third-order valence-electron chi connectivity index (χ3n) is 3.43. The number of benzene rings is 1. The molecular formula is C16H17F3O2. The molecule has 0 aliphatic heterocycles. The molecule has 21 heavy (non-hydrogen) atoms. The van der Waals surface area contributed by atoms with E-state index in [4.69, 9.17) is 0 Å². The van der Waals surface area contributed by atoms with Gasteiger partial charge in [0.2, 0.25) is 0 Å². The number of ether oxygens (including phenoxy) is 1. The van der Waals surface area contributed by atoms with Gasteiger partial charge >= 0.3 is 6.36 Å². The van der Waals surface area contributed by atoms with Crippen molar-refractivity contribution in [2.24, 2.45) is 0 Å². The van der Waals surface area contributed by atoms with Crippen LogP contribution in [0.4, 0.5) is 13.2 Å². The molecule has 0 bridgehead atoms. The minimum atomic E-state index is -4.71. The predicted octanol–water partition coefficient (Wildman–Crippen LogP) is 5.05. The van der Waals surface area contributed by atoms with Gasteiger partial charge in [-0.1, -0.05) is 18.9 Å². The molecule has 0 aromatic heterocycles. The fourth-order valence-corrected chi connectivity index (χ4v) is 2.39. The Morgan fingerprint density at radius 3 is 2.33 bits per heavy atom. The maximum Gasteiger partial charge on any atom is 0.573 e. The van der Waals surface area contributed by atoms with Crippen molar-refractivity contribution in [3.8, 4) is 5.75 Å². The lowest BCUT2D eigenvalue weighted by Crippen LogP contribution is -2.17. The summed E-state index contributed by atoms with van der Waals surface area (Å²) in [6, 6.07) is 5.10. The fraction of sp³-hybridized carbons (Fsp3) is 0.438. The second-order valence-electron chi connectivity index (χ2n) is 5.08. The molecule has 1 aromatic rings. The number of ketones is 1. The SMILES string of the molecule is O=C(/C1=C/CCCCCC1)c1ccc(OC(F)(F)F)cc1. The first kappa shape index (κ1) is 15.6. The molecule has 114 valence electrons. The first-order chi connectivity index (χ1) is 9.96. The number of carbonyl (C=O) groups is 1. The molecule has 0 spiro atoms. The van der Waals surface area contributed by atoms with E-state index in [2.05, 4.69) is 4.74 Å². The highest BCUT2D eigenvalue weighted by Crippen LogP contribution is 2.25. The second-order valence-corrected chi connectivity index (χ2v) is 5.08. The van der Waals surface area contributed by atoms with E-state index in [1.54, 1.807) is 0 Å². The van der Waals surface area contributed by atoms with Crippen LogP contribution in [0.25, 0.3) is 0 Å². The molecule has 1 aliphatic carbocycles. The summed E-state index contributed by atoms with van der Waals surface area (Å²) >= 11 is 0. The third kappa shape index (κ3) is 4.92. The van der Waals surface area contributed by atoms with Gasteiger partial charge < -0.3 is 4.74 Å². The van der Waals surface area contributed by atoms with Gasteiger partial charge in [0.15, 0.2) is 5.78 Å². The van der Waals surface area contributed by atoms with Crippen LogP contribution in [0.3, 0.4) is 0 Å². The highest BCUT2D eigenvalue weighted by atomic mass is 19.4. The van der Waals surface area contributed by atoms with Gasteiger partial charge in [-0.2, -0.15) is 0 Å². The van der Waals surface area contributed by atoms with Gasteiger partial charge in [-0.25, -0.2) is 0 Å². The zero-order valence-corrected chi connectivity index (χ0v) is 11.6. The topological polar surface area (TPSA) is 26.3 Å². The number of Topliss-reactive ketones (excluding diaryl/α,β-unsaturated/α-hetero) is 1. The summed E-state index contributed by atoms with van der Waals surface area (Å²) in [5.41, 5.74) is 1.16. The maximum absolute atomic E-state index is 12.3. The van der Waals surface area contributed by atoms with Crippen molar-refractivity contribution >= 4 is 5.78 Å². The predicted molar refractivity (Wildman–Crippen MR) is 73.2 cm³/mol. The smallest absolute Gasteiger partial charge is 0.406 e. The molecule has 0 atom stereocenters. The van der Waals surface area contributed by atoms with Crippen molar-refractivity contribution in [3.05, 3.63) is 41.5 Å². The molecule has 0 saturated carbocycles. The lowest BCUT2D eigenvalue weighted by Gasteiger charge is -2.12. The summed E-state index contributed by atoms with van der Waals surface area (Å²) < 4.78 is 40.0. The number of halogens is 3. The Labute approximate surface area is 121 Å². The molecule has 5 heteroatoms. The van der Waals surface area contributed by atoms with Crippen molar-refractivity contribution in [2.45, 2.75) is 44.9 Å². The van der Waals surface area contributed by atoms with Crippen LogP contribution in [0.1, 0.15) is 48.9 Å². The number of hydrogen-bond donors (Lipinski definition) is 0. The van der Waals surface area contributed by atoms with Crippen molar-refractivity contribution in [1.82, 2.24) is 0 Å². The van der Waals surface area contributed by atoms with Gasteiger partial charge in [0.1, 0.15) is 5.75 Å². The molecular weight excluding hydrogens is 281 g/mol. The Balaban J connectivity index is 2.08. The van der Waals surface area contributed by atoms with E-state index in [0.717, 1.165) is 37.7 Å². The molecule has 0 N–H and O–H groups in total. The maximum atomic E-state index is 12.3. The van der Waals surface area contributed by atoms with Crippen LogP contribution in [-0.2, 0) is 0 Å². The van der Waals surface area contributed by atoms with E-state index in [9.17, 15) is 18.0 Å². The highest BCUT2D eigenvalue weighted by molar-refractivity contribution is 6.08. The Hall–Kier alpha value is -1.78. The number of rotatable bonds is 3. The summed E-state index contributed by atoms with van der Waals surface area (Å²) in [7, 11) is 0. The Kier molecular flexibility index (Phi) is 5.04. The Morgan fingerprint density at radius 2 is 1.67 bits per heavy atom. The minimum absolute atomic E-state index is 0.101. The van der Waals surface area contributed by atoms with Crippen molar-refractivity contribution in [1.29, 1.82) is 0 Å². The zero-order valence-electron chi connectivity index (χ0n) is 11.6. The van der Waals surface area contributed by atoms with Crippen LogP contribution in [0.5, 0.6) is 5.75 Å². The lowest BCUT2D eigenvalue weighted by atomic mass is 9.94. The lowest BCUT2D eigenvalue weighted by molar-refractivity contribution is -0.274. The summed E-state index contributed by atoms with van der Waals surface area (Å²) in [4.78, 5) is 12.3. The summed E-state index contributed by atoms with van der Waals surface area (Å²) in [6.07, 6.45) is 3.22. The molecule has 1 aliphatic rings. The van der Waals surface area contributed by atoms with Gasteiger partial charge in [0, 0.05) is 5.56 Å². The molecule has 0 unspecified atom stereocenters. The Morgan fingerprint density at radius 1 is 1.00 bits per heavy atom. The quantitative estimate of drug-likeness (QED) is 0.730. The van der Waals surface area contributed by atoms with Crippen LogP contribution >= 0.6 is 0 Å². The first-order valence-corrected chi connectivity index (χ1v) is 7.05. The fourth-order valence-electron chi connectivity index (χ4n) is 2.39. The van der Waals surface area contributed by atoms with E-state index in [-0.39, 0.29) is 11.5 Å². The van der Waals surface area contributed by atoms with Crippen molar-refractivity contribution in [2.75, 3.05) is 0 Å². The van der Waals surface area contributed by atoms with E-state index in [1.165, 1.54) is 30.7 Å². The molecule has 0 amide bonds. The standard InChI is InChI=1S/C16H17F3O2/c17-16(18,19)21-14-10-8-13(9-11-14)15(20)12-6-4-2-1-3-5-7-12/h6,8-11H,1-5,7H2/b12-6+. The molecule has 0 radical (unpaired) electrons. The molecule has 2 nitrogen and oxygen atoms in total. The molecule has 1 aromatic carbocycles. The van der Waals surface area contributed by atoms with Crippen LogP contribution in [0.15, 0.2) is 35.9 Å². The van der Waals surface area contributed by atoms with Gasteiger partial charge in [-0.3, -0.25) is 4.79 Å². The van der Waals surface area contributed by atoms with Gasteiger partial charge in [0.25, 0.3) is 0 Å². The summed E-state index contributed by atoms with van der Waals surface area (Å²) in [6.45, 7) is 0. The average molecular weight is 298 g/mol. The minimum Gasteiger partial charge on any atom is -0.406 e. The van der Waals surface area contributed by atoms with E-state index in [0.29, 0.717) is 5.56 Å². The molecule has 2 rings (SSSR count). The van der Waals surface area contributed by atoms with Gasteiger partial charge in [-0.15, -0.1) is 13.2 Å². The Bertz CT molecular complexity index is 515. The first-order valence-electron chi connectivity index (χ1n) is 7.05. The van der Waals surface area contributed by atoms with E-state index in [1.807, 2.05) is 6.08 Å². The average Bonchev–Trinajstić information content (AvgIpc) is 2.36. The molecule has 0 heterocycles. The number of hydrogen-bond acceptors (Lipinski definition) is 2. The summed E-state index contributed by atoms with van der Waals surface area (Å²) in [5, 5.41) is 0. The monoisotopic (exact) mass is 298 g/mol. The van der Waals surface area contributed by atoms with Crippen molar-refractivity contribution < 1.29 is 22.7 Å². The molecule has 0 saturated heterocycles. The highest BCUT2D eigenvalue weighted by Gasteiger charge is 2.31. The van der Waals surface area contributed by atoms with E-state index < -0.39 is 6.36 Å². The van der Waals surface area contributed by atoms with Crippen molar-refractivity contribution in [3.63, 3.8) is 0 Å². The number of allylic oxidation sites excluding steroid dienone is 2. The van der Waals surface area contributed by atoms with Crippen LogP contribution in [0.2, 0.25) is 0 Å². The zero-order chi connectivity index (χ0) is 15.3. The third-order valence-corrected chi connectivity index (χ3v) is 3.43. The van der Waals surface area contributed by atoms with Crippen LogP contribution in [0, 0.1) is 0 Å². The number of alkyl halides is 3. The summed E-state index contributed by atoms with van der Waals surface area (Å²) in [5.74, 6) is -0.416. The molecule has 0 fully saturated rings. The van der Waals surface area contributed by atoms with Gasteiger partial charge in [0.05, 0.1) is 0 Å². The van der Waals surface area contributed by atoms with Crippen LogP contribution < -0.4 is 4.74 Å². The largest absolute Gasteiger partial charge is 0.573 e. The normalized spacial score (nSPS) is 19.1. The number of carbonyl (C=O) groups excluding carboxylic acids is 1.